The van der Waals surface area contributed by atoms with Crippen molar-refractivity contribution < 1.29 is 9.59 Å². The number of hydrazine groups is 1. The molecule has 1 unspecified atom stereocenters. The molecule has 1 atom stereocenters. The van der Waals surface area contributed by atoms with Gasteiger partial charge in [0.25, 0.3) is 0 Å². The summed E-state index contributed by atoms with van der Waals surface area (Å²) in [6.45, 7) is 0.819. The maximum atomic E-state index is 11.5. The summed E-state index contributed by atoms with van der Waals surface area (Å²) in [5, 5.41) is 0. The fourth-order valence-electron chi connectivity index (χ4n) is 1.90. The molecular weight excluding hydrogens is 156 g/mol. The van der Waals surface area contributed by atoms with Crippen molar-refractivity contribution in [3.05, 3.63) is 0 Å². The predicted octanol–water partition coefficient (Wildman–Crippen LogP) is -0.455. The zero-order valence-electron chi connectivity index (χ0n) is 6.85. The highest BCUT2D eigenvalue weighted by Gasteiger charge is 2.44. The van der Waals surface area contributed by atoms with Gasteiger partial charge in [-0.2, -0.15) is 0 Å². The molecule has 2 N–H and O–H groups in total. The van der Waals surface area contributed by atoms with Gasteiger partial charge < -0.3 is 0 Å². The van der Waals surface area contributed by atoms with Crippen LogP contribution in [0, 0.1) is 0 Å². The molecule has 4 nitrogen and oxygen atoms in total. The van der Waals surface area contributed by atoms with Gasteiger partial charge in [-0.25, -0.2) is 5.43 Å². The lowest BCUT2D eigenvalue weighted by molar-refractivity contribution is -0.134. The molecule has 0 aromatic heterocycles. The topological polar surface area (TPSA) is 58.2 Å². The SMILES string of the molecule is O=C1CCC2(CCNN2)C(=O)C1. The van der Waals surface area contributed by atoms with Crippen LogP contribution in [0.5, 0.6) is 0 Å². The first-order valence-corrected chi connectivity index (χ1v) is 4.28. The Hall–Kier alpha value is -0.740. The number of carbonyl (C=O) groups is 2. The maximum Gasteiger partial charge on any atom is 0.161 e. The smallest absolute Gasteiger partial charge is 0.161 e. The van der Waals surface area contributed by atoms with Crippen molar-refractivity contribution in [1.82, 2.24) is 10.9 Å². The number of Topliss-reactive ketones (excluding diaryl/α,β-unsaturated/α-hetero) is 2. The summed E-state index contributed by atoms with van der Waals surface area (Å²) in [7, 11) is 0. The summed E-state index contributed by atoms with van der Waals surface area (Å²) in [6.07, 6.45) is 2.14. The van der Waals surface area contributed by atoms with Gasteiger partial charge in [0.05, 0.1) is 12.0 Å². The van der Waals surface area contributed by atoms with E-state index in [1.54, 1.807) is 0 Å². The quantitative estimate of drug-likeness (QED) is 0.481. The molecule has 0 radical (unpaired) electrons. The van der Waals surface area contributed by atoms with Crippen LogP contribution in [0.15, 0.2) is 0 Å². The van der Waals surface area contributed by atoms with Crippen molar-refractivity contribution in [3.8, 4) is 0 Å². The first kappa shape index (κ1) is 7.89. The standard InChI is InChI=1S/C8H12N2O2/c11-6-1-2-8(7(12)5-6)3-4-9-10-8/h9-10H,1-5H2. The highest BCUT2D eigenvalue weighted by Crippen LogP contribution is 2.27. The number of ketones is 2. The van der Waals surface area contributed by atoms with Gasteiger partial charge in [-0.05, 0) is 12.8 Å². The number of carbonyl (C=O) groups excluding carboxylic acids is 2. The lowest BCUT2D eigenvalue weighted by atomic mass is 9.79. The lowest BCUT2D eigenvalue weighted by Gasteiger charge is -2.30. The summed E-state index contributed by atoms with van der Waals surface area (Å²) in [5.41, 5.74) is 5.53. The number of nitrogens with one attached hydrogen (secondary N) is 2. The molecule has 1 heterocycles. The molecule has 66 valence electrons. The molecule has 1 saturated heterocycles. The van der Waals surface area contributed by atoms with Crippen molar-refractivity contribution in [2.45, 2.75) is 31.2 Å². The second kappa shape index (κ2) is 2.64. The fraction of sp³-hybridized carbons (Fsp3) is 0.750. The third kappa shape index (κ3) is 1.07. The Morgan fingerprint density at radius 1 is 1.25 bits per heavy atom. The van der Waals surface area contributed by atoms with Gasteiger partial charge in [-0.3, -0.25) is 15.0 Å². The van der Waals surface area contributed by atoms with E-state index < -0.39 is 5.54 Å². The van der Waals surface area contributed by atoms with Crippen molar-refractivity contribution in [2.75, 3.05) is 6.54 Å². The van der Waals surface area contributed by atoms with Gasteiger partial charge in [-0.1, -0.05) is 0 Å². The van der Waals surface area contributed by atoms with Crippen LogP contribution in [0.2, 0.25) is 0 Å². The van der Waals surface area contributed by atoms with Gasteiger partial charge in [0, 0.05) is 13.0 Å². The van der Waals surface area contributed by atoms with E-state index in [1.165, 1.54) is 0 Å². The molecule has 2 fully saturated rings. The second-order valence-corrected chi connectivity index (χ2v) is 3.52. The van der Waals surface area contributed by atoms with E-state index in [1.807, 2.05) is 0 Å². The Balaban J connectivity index is 2.16. The summed E-state index contributed by atoms with van der Waals surface area (Å²) < 4.78 is 0. The minimum absolute atomic E-state index is 0.0590. The third-order valence-corrected chi connectivity index (χ3v) is 2.73. The number of rotatable bonds is 0. The normalized spacial score (nSPS) is 36.3. The summed E-state index contributed by atoms with van der Waals surface area (Å²) in [5.74, 6) is 0.142. The molecule has 0 bridgehead atoms. The molecule has 1 saturated carbocycles. The Labute approximate surface area is 70.7 Å². The molecule has 0 aromatic rings. The molecule has 0 amide bonds. The summed E-state index contributed by atoms with van der Waals surface area (Å²) in [4.78, 5) is 22.4. The Bertz CT molecular complexity index is 231. The van der Waals surface area contributed by atoms with Crippen LogP contribution in [-0.2, 0) is 9.59 Å². The summed E-state index contributed by atoms with van der Waals surface area (Å²) >= 11 is 0. The van der Waals surface area contributed by atoms with E-state index in [2.05, 4.69) is 10.9 Å². The van der Waals surface area contributed by atoms with Gasteiger partial charge in [0.1, 0.15) is 5.78 Å². The minimum atomic E-state index is -0.409. The molecule has 2 aliphatic rings. The first-order valence-electron chi connectivity index (χ1n) is 4.28. The molecule has 1 aliphatic heterocycles. The van der Waals surface area contributed by atoms with Crippen molar-refractivity contribution in [3.63, 3.8) is 0 Å². The minimum Gasteiger partial charge on any atom is -0.299 e. The zero-order valence-corrected chi connectivity index (χ0v) is 6.85. The molecule has 1 aliphatic carbocycles. The largest absolute Gasteiger partial charge is 0.299 e. The molecule has 0 aromatic carbocycles. The average molecular weight is 168 g/mol. The van der Waals surface area contributed by atoms with Gasteiger partial charge in [0.15, 0.2) is 5.78 Å². The van der Waals surface area contributed by atoms with Crippen LogP contribution < -0.4 is 10.9 Å². The molecular formula is C8H12N2O2. The van der Waals surface area contributed by atoms with E-state index in [-0.39, 0.29) is 18.0 Å². The van der Waals surface area contributed by atoms with Crippen LogP contribution in [0.3, 0.4) is 0 Å². The Morgan fingerprint density at radius 2 is 2.08 bits per heavy atom. The zero-order chi connectivity index (χ0) is 8.60. The highest BCUT2D eigenvalue weighted by atomic mass is 16.2. The molecule has 12 heavy (non-hydrogen) atoms. The second-order valence-electron chi connectivity index (χ2n) is 3.52. The van der Waals surface area contributed by atoms with Crippen LogP contribution in [0.4, 0.5) is 0 Å². The van der Waals surface area contributed by atoms with E-state index in [4.69, 9.17) is 0 Å². The number of hydrogen-bond donors (Lipinski definition) is 2. The number of hydrogen-bond acceptors (Lipinski definition) is 4. The van der Waals surface area contributed by atoms with Gasteiger partial charge in [0.2, 0.25) is 0 Å². The van der Waals surface area contributed by atoms with E-state index in [9.17, 15) is 9.59 Å². The first-order chi connectivity index (χ1) is 5.73. The van der Waals surface area contributed by atoms with Crippen molar-refractivity contribution >= 4 is 11.6 Å². The average Bonchev–Trinajstić information content (AvgIpc) is 2.48. The summed E-state index contributed by atoms with van der Waals surface area (Å²) in [6, 6.07) is 0. The monoisotopic (exact) mass is 168 g/mol. The Kier molecular flexibility index (Phi) is 1.73. The van der Waals surface area contributed by atoms with E-state index in [0.717, 1.165) is 13.0 Å². The van der Waals surface area contributed by atoms with Crippen LogP contribution in [0.25, 0.3) is 0 Å². The van der Waals surface area contributed by atoms with Gasteiger partial charge >= 0.3 is 0 Å². The van der Waals surface area contributed by atoms with Gasteiger partial charge in [-0.15, -0.1) is 0 Å². The molecule has 4 heteroatoms. The molecule has 2 rings (SSSR count). The lowest BCUT2D eigenvalue weighted by Crippen LogP contribution is -2.53. The maximum absolute atomic E-state index is 11.5. The predicted molar refractivity (Wildman–Crippen MR) is 42.4 cm³/mol. The fourth-order valence-corrected chi connectivity index (χ4v) is 1.90. The van der Waals surface area contributed by atoms with Crippen molar-refractivity contribution in [1.29, 1.82) is 0 Å². The van der Waals surface area contributed by atoms with Crippen molar-refractivity contribution in [2.24, 2.45) is 0 Å². The van der Waals surface area contributed by atoms with Crippen LogP contribution in [0.1, 0.15) is 25.7 Å². The Morgan fingerprint density at radius 3 is 2.67 bits per heavy atom. The van der Waals surface area contributed by atoms with Crippen LogP contribution in [-0.4, -0.2) is 23.7 Å². The van der Waals surface area contributed by atoms with Crippen LogP contribution >= 0.6 is 0 Å². The third-order valence-electron chi connectivity index (χ3n) is 2.73. The van der Waals surface area contributed by atoms with E-state index in [0.29, 0.717) is 12.8 Å². The highest BCUT2D eigenvalue weighted by molar-refractivity contribution is 6.06. The van der Waals surface area contributed by atoms with E-state index >= 15 is 0 Å². The molecule has 1 spiro atoms.